The number of benzene rings is 2. The minimum Gasteiger partial charge on any atom is -0.497 e. The largest absolute Gasteiger partial charge is 0.497 e. The third kappa shape index (κ3) is 4.75. The zero-order chi connectivity index (χ0) is 20.1. The molecule has 0 N–H and O–H groups in total. The molecule has 1 aliphatic rings. The topological polar surface area (TPSA) is 63.7 Å². The number of ether oxygens (including phenoxy) is 1. The van der Waals surface area contributed by atoms with E-state index in [9.17, 15) is 13.2 Å². The van der Waals surface area contributed by atoms with Gasteiger partial charge in [-0.3, -0.25) is 4.79 Å². The number of hydrogen-bond acceptors (Lipinski definition) is 4. The molecule has 1 aliphatic heterocycles. The fraction of sp³-hybridized carbons (Fsp3) is 0.286. The van der Waals surface area contributed by atoms with Gasteiger partial charge in [-0.25, -0.2) is 8.42 Å². The molecule has 1 saturated heterocycles. The second kappa shape index (κ2) is 8.80. The monoisotopic (exact) mass is 419 g/mol. The molecule has 0 unspecified atom stereocenters. The van der Waals surface area contributed by atoms with Crippen molar-refractivity contribution in [3.05, 3.63) is 65.2 Å². The average molecular weight is 420 g/mol. The van der Waals surface area contributed by atoms with Crippen LogP contribution in [0.3, 0.4) is 0 Å². The minimum atomic E-state index is -3.42. The number of sulfone groups is 1. The lowest BCUT2D eigenvalue weighted by atomic mass is 10.1. The molecule has 1 heterocycles. The molecular formula is C21H22ClNO4S. The third-order valence-corrected chi connectivity index (χ3v) is 7.40. The Balaban J connectivity index is 1.59. The second-order valence-corrected chi connectivity index (χ2v) is 9.29. The molecule has 28 heavy (non-hydrogen) atoms. The summed E-state index contributed by atoms with van der Waals surface area (Å²) in [5.41, 5.74) is 0.884. The van der Waals surface area contributed by atoms with E-state index in [1.807, 2.05) is 12.1 Å². The van der Waals surface area contributed by atoms with Gasteiger partial charge in [-0.1, -0.05) is 23.7 Å². The van der Waals surface area contributed by atoms with Gasteiger partial charge in [-0.05, 0) is 60.9 Å². The van der Waals surface area contributed by atoms with E-state index in [0.717, 1.165) is 5.56 Å². The molecule has 3 rings (SSSR count). The van der Waals surface area contributed by atoms with Crippen LogP contribution in [0.4, 0.5) is 0 Å². The van der Waals surface area contributed by atoms with Crippen molar-refractivity contribution in [2.75, 3.05) is 20.2 Å². The van der Waals surface area contributed by atoms with Crippen LogP contribution in [0.5, 0.6) is 5.75 Å². The Kier molecular flexibility index (Phi) is 6.42. The number of halogens is 1. The van der Waals surface area contributed by atoms with E-state index in [1.165, 1.54) is 13.2 Å². The smallest absolute Gasteiger partial charge is 0.246 e. The number of piperidine rings is 1. The fourth-order valence-corrected chi connectivity index (χ4v) is 5.05. The number of methoxy groups -OCH3 is 1. The molecule has 7 heteroatoms. The Morgan fingerprint density at radius 2 is 1.68 bits per heavy atom. The first kappa shape index (κ1) is 20.4. The van der Waals surface area contributed by atoms with Crippen molar-refractivity contribution in [3.63, 3.8) is 0 Å². The summed E-state index contributed by atoms with van der Waals surface area (Å²) in [6.45, 7) is 0.841. The summed E-state index contributed by atoms with van der Waals surface area (Å²) in [5.74, 6) is 0.502. The number of carbonyl (C=O) groups excluding carboxylic acids is 1. The lowest BCUT2D eigenvalue weighted by Gasteiger charge is -2.31. The highest BCUT2D eigenvalue weighted by Crippen LogP contribution is 2.26. The SMILES string of the molecule is COc1ccc(S(=O)(=O)C2CCN(C(=O)/C=C/c3ccc(Cl)cc3)CC2)cc1. The lowest BCUT2D eigenvalue weighted by molar-refractivity contribution is -0.126. The number of hydrogen-bond donors (Lipinski definition) is 0. The van der Waals surface area contributed by atoms with E-state index in [-0.39, 0.29) is 5.91 Å². The van der Waals surface area contributed by atoms with Crippen molar-refractivity contribution in [1.82, 2.24) is 4.90 Å². The fourth-order valence-electron chi connectivity index (χ4n) is 3.19. The first-order valence-electron chi connectivity index (χ1n) is 9.00. The van der Waals surface area contributed by atoms with Gasteiger partial charge in [0.15, 0.2) is 9.84 Å². The highest BCUT2D eigenvalue weighted by molar-refractivity contribution is 7.92. The van der Waals surface area contributed by atoms with Crippen LogP contribution in [0.1, 0.15) is 18.4 Å². The van der Waals surface area contributed by atoms with E-state index < -0.39 is 15.1 Å². The molecule has 0 bridgehead atoms. The van der Waals surface area contributed by atoms with Gasteiger partial charge in [-0.15, -0.1) is 0 Å². The number of likely N-dealkylation sites (tertiary alicyclic amines) is 1. The van der Waals surface area contributed by atoms with Gasteiger partial charge in [-0.2, -0.15) is 0 Å². The maximum Gasteiger partial charge on any atom is 0.246 e. The molecule has 0 aliphatic carbocycles. The maximum absolute atomic E-state index is 12.8. The summed E-state index contributed by atoms with van der Waals surface area (Å²) < 4.78 is 30.7. The zero-order valence-corrected chi connectivity index (χ0v) is 17.1. The molecule has 0 spiro atoms. The molecule has 0 saturated carbocycles. The minimum absolute atomic E-state index is 0.116. The predicted octanol–water partition coefficient (Wildman–Crippen LogP) is 3.83. The van der Waals surface area contributed by atoms with Crippen LogP contribution in [-0.2, 0) is 14.6 Å². The number of nitrogens with zero attached hydrogens (tertiary/aromatic N) is 1. The second-order valence-electron chi connectivity index (χ2n) is 6.63. The van der Waals surface area contributed by atoms with E-state index >= 15 is 0 Å². The molecule has 5 nitrogen and oxygen atoms in total. The quantitative estimate of drug-likeness (QED) is 0.691. The molecular weight excluding hydrogens is 398 g/mol. The van der Waals surface area contributed by atoms with Crippen molar-refractivity contribution >= 4 is 33.4 Å². The number of rotatable bonds is 5. The summed E-state index contributed by atoms with van der Waals surface area (Å²) in [5, 5.41) is 0.161. The van der Waals surface area contributed by atoms with Crippen LogP contribution >= 0.6 is 11.6 Å². The zero-order valence-electron chi connectivity index (χ0n) is 15.5. The van der Waals surface area contributed by atoms with E-state index in [4.69, 9.17) is 16.3 Å². The van der Waals surface area contributed by atoms with Gasteiger partial charge < -0.3 is 9.64 Å². The van der Waals surface area contributed by atoms with Crippen LogP contribution in [-0.4, -0.2) is 44.7 Å². The predicted molar refractivity (Wildman–Crippen MR) is 110 cm³/mol. The maximum atomic E-state index is 12.8. The Morgan fingerprint density at radius 1 is 1.07 bits per heavy atom. The van der Waals surface area contributed by atoms with Crippen LogP contribution in [0.25, 0.3) is 6.08 Å². The number of carbonyl (C=O) groups is 1. The highest BCUT2D eigenvalue weighted by Gasteiger charge is 2.32. The molecule has 1 amide bonds. The Bertz CT molecular complexity index is 945. The Hall–Kier alpha value is -2.31. The van der Waals surface area contributed by atoms with Crippen molar-refractivity contribution in [2.24, 2.45) is 0 Å². The van der Waals surface area contributed by atoms with E-state index in [2.05, 4.69) is 0 Å². The van der Waals surface area contributed by atoms with Crippen LogP contribution < -0.4 is 4.74 Å². The Morgan fingerprint density at radius 3 is 2.25 bits per heavy atom. The van der Waals surface area contributed by atoms with Crippen LogP contribution in [0.15, 0.2) is 59.5 Å². The van der Waals surface area contributed by atoms with E-state index in [1.54, 1.807) is 47.4 Å². The summed E-state index contributed by atoms with van der Waals surface area (Å²) in [4.78, 5) is 14.4. The van der Waals surface area contributed by atoms with Gasteiger partial charge in [0.25, 0.3) is 0 Å². The third-order valence-electron chi connectivity index (χ3n) is 4.87. The first-order chi connectivity index (χ1) is 13.4. The number of amides is 1. The molecule has 1 fully saturated rings. The van der Waals surface area contributed by atoms with Crippen LogP contribution in [0, 0.1) is 0 Å². The van der Waals surface area contributed by atoms with Gasteiger partial charge in [0.2, 0.25) is 5.91 Å². The molecule has 148 valence electrons. The lowest BCUT2D eigenvalue weighted by Crippen LogP contribution is -2.41. The van der Waals surface area contributed by atoms with Gasteiger partial charge in [0.05, 0.1) is 17.3 Å². The molecule has 0 radical (unpaired) electrons. The summed E-state index contributed by atoms with van der Waals surface area (Å²) in [7, 11) is -1.88. The molecule has 0 atom stereocenters. The van der Waals surface area contributed by atoms with Gasteiger partial charge >= 0.3 is 0 Å². The molecule has 2 aromatic carbocycles. The normalized spacial score (nSPS) is 15.7. The van der Waals surface area contributed by atoms with E-state index in [0.29, 0.717) is 41.6 Å². The summed E-state index contributed by atoms with van der Waals surface area (Å²) in [6.07, 6.45) is 4.10. The van der Waals surface area contributed by atoms with Gasteiger partial charge in [0, 0.05) is 24.2 Å². The van der Waals surface area contributed by atoms with Crippen molar-refractivity contribution < 1.29 is 17.9 Å². The van der Waals surface area contributed by atoms with Crippen molar-refractivity contribution in [3.8, 4) is 5.75 Å². The first-order valence-corrected chi connectivity index (χ1v) is 10.9. The summed E-state index contributed by atoms with van der Waals surface area (Å²) in [6, 6.07) is 13.6. The molecule has 2 aromatic rings. The molecule has 0 aromatic heterocycles. The Labute approximate surface area is 170 Å². The van der Waals surface area contributed by atoms with Gasteiger partial charge in [0.1, 0.15) is 5.75 Å². The van der Waals surface area contributed by atoms with Crippen molar-refractivity contribution in [2.45, 2.75) is 23.0 Å². The summed E-state index contributed by atoms with van der Waals surface area (Å²) >= 11 is 5.85. The van der Waals surface area contributed by atoms with Crippen molar-refractivity contribution in [1.29, 1.82) is 0 Å². The average Bonchev–Trinajstić information content (AvgIpc) is 2.73. The van der Waals surface area contributed by atoms with Crippen LogP contribution in [0.2, 0.25) is 5.02 Å². The standard InChI is InChI=1S/C21H22ClNO4S/c1-27-18-7-9-19(10-8-18)28(25,26)20-12-14-23(15-13-20)21(24)11-4-16-2-5-17(22)6-3-16/h2-11,20H,12-15H2,1H3/b11-4+. The highest BCUT2D eigenvalue weighted by atomic mass is 35.5.